The number of carbonyl (C=O) groups excluding carboxylic acids is 2. The number of hydrogen-bond acceptors (Lipinski definition) is 5. The number of nitrogens with zero attached hydrogens (tertiary/aromatic N) is 1. The lowest BCUT2D eigenvalue weighted by atomic mass is 9.95. The van der Waals surface area contributed by atoms with Gasteiger partial charge in [0, 0.05) is 11.8 Å². The Kier molecular flexibility index (Phi) is 5.88. The van der Waals surface area contributed by atoms with Crippen LogP contribution in [-0.2, 0) is 25.7 Å². The Labute approximate surface area is 158 Å². The fraction of sp³-hybridized carbons (Fsp3) is 0.238. The maximum atomic E-state index is 12.7. The van der Waals surface area contributed by atoms with E-state index >= 15 is 0 Å². The van der Waals surface area contributed by atoms with E-state index in [0.29, 0.717) is 18.0 Å². The van der Waals surface area contributed by atoms with Gasteiger partial charge < -0.3 is 14.2 Å². The molecule has 3 rings (SSSR count). The summed E-state index contributed by atoms with van der Waals surface area (Å²) in [6, 6.07) is 16.4. The van der Waals surface area contributed by atoms with E-state index in [1.165, 1.54) is 13.2 Å². The van der Waals surface area contributed by atoms with E-state index < -0.39 is 18.1 Å². The van der Waals surface area contributed by atoms with E-state index in [2.05, 4.69) is 4.74 Å². The van der Waals surface area contributed by atoms with Gasteiger partial charge in [0.2, 0.25) is 0 Å². The number of amides is 1. The Morgan fingerprint density at radius 1 is 1.07 bits per heavy atom. The van der Waals surface area contributed by atoms with Gasteiger partial charge in [-0.25, -0.2) is 4.79 Å². The SMILES string of the molecule is COC(=O)/C=C/[C@@H]1[C@H](OCc2ccccc2)C(=O)N1c1ccc(OC)cc1. The molecule has 2 aromatic rings. The highest BCUT2D eigenvalue weighted by Crippen LogP contribution is 2.32. The van der Waals surface area contributed by atoms with Gasteiger partial charge in [0.15, 0.2) is 6.10 Å². The average molecular weight is 367 g/mol. The zero-order valence-electron chi connectivity index (χ0n) is 15.2. The van der Waals surface area contributed by atoms with Crippen LogP contribution >= 0.6 is 0 Å². The fourth-order valence-electron chi connectivity index (χ4n) is 2.89. The summed E-state index contributed by atoms with van der Waals surface area (Å²) in [6.45, 7) is 0.316. The molecule has 0 spiro atoms. The minimum Gasteiger partial charge on any atom is -0.497 e. The maximum absolute atomic E-state index is 12.7. The molecule has 1 aliphatic heterocycles. The largest absolute Gasteiger partial charge is 0.497 e. The third-order valence-corrected chi connectivity index (χ3v) is 4.34. The van der Waals surface area contributed by atoms with Gasteiger partial charge in [-0.1, -0.05) is 36.4 Å². The Hall–Kier alpha value is -3.12. The molecule has 1 fully saturated rings. The van der Waals surface area contributed by atoms with Crippen LogP contribution in [-0.4, -0.2) is 38.2 Å². The summed E-state index contributed by atoms with van der Waals surface area (Å²) in [4.78, 5) is 25.8. The number of rotatable bonds is 7. The van der Waals surface area contributed by atoms with Crippen molar-refractivity contribution >= 4 is 17.6 Å². The lowest BCUT2D eigenvalue weighted by Gasteiger charge is -2.45. The van der Waals surface area contributed by atoms with Crippen LogP contribution in [0.1, 0.15) is 5.56 Å². The standard InChI is InChI=1S/C21H21NO5/c1-25-17-10-8-16(9-11-17)22-18(12-13-19(23)26-2)20(21(22)24)27-14-15-6-4-3-5-7-15/h3-13,18,20H,14H2,1-2H3/b13-12+/t18-,20+/m1/s1. The molecule has 0 unspecified atom stereocenters. The summed E-state index contributed by atoms with van der Waals surface area (Å²) in [5, 5.41) is 0. The van der Waals surface area contributed by atoms with Crippen molar-refractivity contribution in [1.82, 2.24) is 0 Å². The normalized spacial score (nSPS) is 19.0. The fourth-order valence-corrected chi connectivity index (χ4v) is 2.89. The van der Waals surface area contributed by atoms with Crippen molar-refractivity contribution in [2.45, 2.75) is 18.8 Å². The Balaban J connectivity index is 1.77. The molecule has 1 heterocycles. The Bertz CT molecular complexity index is 816. The van der Waals surface area contributed by atoms with Crippen LogP contribution in [0.15, 0.2) is 66.7 Å². The number of ether oxygens (including phenoxy) is 3. The summed E-state index contributed by atoms with van der Waals surface area (Å²) in [6.07, 6.45) is 2.29. The van der Waals surface area contributed by atoms with Gasteiger partial charge in [-0.2, -0.15) is 0 Å². The molecule has 0 saturated carbocycles. The molecular weight excluding hydrogens is 346 g/mol. The second kappa shape index (κ2) is 8.51. The van der Waals surface area contributed by atoms with Crippen molar-refractivity contribution in [3.05, 3.63) is 72.3 Å². The monoisotopic (exact) mass is 367 g/mol. The molecule has 0 aromatic heterocycles. The highest BCUT2D eigenvalue weighted by atomic mass is 16.5. The van der Waals surface area contributed by atoms with Crippen molar-refractivity contribution in [2.75, 3.05) is 19.1 Å². The first-order valence-electron chi connectivity index (χ1n) is 8.53. The topological polar surface area (TPSA) is 65.1 Å². The van der Waals surface area contributed by atoms with E-state index in [9.17, 15) is 9.59 Å². The highest BCUT2D eigenvalue weighted by Gasteiger charge is 2.47. The van der Waals surface area contributed by atoms with Crippen LogP contribution in [0.25, 0.3) is 0 Å². The molecule has 6 heteroatoms. The van der Waals surface area contributed by atoms with Crippen LogP contribution in [0.2, 0.25) is 0 Å². The van der Waals surface area contributed by atoms with Crippen molar-refractivity contribution in [3.63, 3.8) is 0 Å². The second-order valence-electron chi connectivity index (χ2n) is 6.00. The number of methoxy groups -OCH3 is 2. The summed E-state index contributed by atoms with van der Waals surface area (Å²) in [5.41, 5.74) is 1.68. The van der Waals surface area contributed by atoms with E-state index in [0.717, 1.165) is 5.56 Å². The molecule has 6 nitrogen and oxygen atoms in total. The molecule has 0 radical (unpaired) electrons. The van der Waals surface area contributed by atoms with Crippen molar-refractivity contribution in [2.24, 2.45) is 0 Å². The molecule has 1 saturated heterocycles. The second-order valence-corrected chi connectivity index (χ2v) is 6.00. The van der Waals surface area contributed by atoms with Crippen LogP contribution in [0, 0.1) is 0 Å². The van der Waals surface area contributed by atoms with Crippen LogP contribution in [0.4, 0.5) is 5.69 Å². The predicted molar refractivity (Wildman–Crippen MR) is 100 cm³/mol. The van der Waals surface area contributed by atoms with Crippen LogP contribution in [0.3, 0.4) is 0 Å². The van der Waals surface area contributed by atoms with Gasteiger partial charge in [0.05, 0.1) is 26.9 Å². The molecule has 0 N–H and O–H groups in total. The Morgan fingerprint density at radius 2 is 1.78 bits per heavy atom. The lowest BCUT2D eigenvalue weighted by Crippen LogP contribution is -2.65. The zero-order chi connectivity index (χ0) is 19.2. The molecule has 0 bridgehead atoms. The number of benzene rings is 2. The van der Waals surface area contributed by atoms with Crippen molar-refractivity contribution in [1.29, 1.82) is 0 Å². The zero-order valence-corrected chi connectivity index (χ0v) is 15.2. The van der Waals surface area contributed by atoms with Gasteiger partial charge in [0.1, 0.15) is 5.75 Å². The predicted octanol–water partition coefficient (Wildman–Crippen LogP) is 2.73. The number of carbonyl (C=O) groups is 2. The third-order valence-electron chi connectivity index (χ3n) is 4.34. The molecule has 27 heavy (non-hydrogen) atoms. The van der Waals surface area contributed by atoms with Gasteiger partial charge in [0.25, 0.3) is 5.91 Å². The van der Waals surface area contributed by atoms with E-state index in [4.69, 9.17) is 9.47 Å². The van der Waals surface area contributed by atoms with E-state index in [1.807, 2.05) is 30.3 Å². The number of hydrogen-bond donors (Lipinski definition) is 0. The maximum Gasteiger partial charge on any atom is 0.330 e. The van der Waals surface area contributed by atoms with Crippen molar-refractivity contribution in [3.8, 4) is 5.75 Å². The number of β-lactam (4-membered cyclic amide) rings is 1. The summed E-state index contributed by atoms with van der Waals surface area (Å²) >= 11 is 0. The molecule has 140 valence electrons. The smallest absolute Gasteiger partial charge is 0.330 e. The first-order chi connectivity index (χ1) is 13.1. The van der Waals surface area contributed by atoms with E-state index in [1.54, 1.807) is 42.4 Å². The van der Waals surface area contributed by atoms with Crippen molar-refractivity contribution < 1.29 is 23.8 Å². The number of esters is 1. The first-order valence-corrected chi connectivity index (χ1v) is 8.53. The molecule has 2 atom stereocenters. The van der Waals surface area contributed by atoms with Gasteiger partial charge in [-0.15, -0.1) is 0 Å². The molecular formula is C21H21NO5. The lowest BCUT2D eigenvalue weighted by molar-refractivity contribution is -0.141. The van der Waals surface area contributed by atoms with Crippen LogP contribution in [0.5, 0.6) is 5.75 Å². The van der Waals surface area contributed by atoms with Gasteiger partial charge in [-0.05, 0) is 29.8 Å². The van der Waals surface area contributed by atoms with E-state index in [-0.39, 0.29) is 5.91 Å². The first kappa shape index (κ1) is 18.7. The molecule has 2 aromatic carbocycles. The highest BCUT2D eigenvalue weighted by molar-refractivity contribution is 6.05. The van der Waals surface area contributed by atoms with Crippen LogP contribution < -0.4 is 9.64 Å². The summed E-state index contributed by atoms with van der Waals surface area (Å²) < 4.78 is 15.6. The number of anilines is 1. The average Bonchev–Trinajstić information content (AvgIpc) is 2.72. The summed E-state index contributed by atoms with van der Waals surface area (Å²) in [5.74, 6) is 0.0618. The summed E-state index contributed by atoms with van der Waals surface area (Å²) in [7, 11) is 2.89. The molecule has 1 aliphatic rings. The third kappa shape index (κ3) is 4.17. The van der Waals surface area contributed by atoms with Gasteiger partial charge >= 0.3 is 5.97 Å². The minimum atomic E-state index is -0.659. The quantitative estimate of drug-likeness (QED) is 0.428. The Morgan fingerprint density at radius 3 is 2.41 bits per heavy atom. The molecule has 0 aliphatic carbocycles. The van der Waals surface area contributed by atoms with Gasteiger partial charge in [-0.3, -0.25) is 9.69 Å². The molecule has 1 amide bonds. The minimum absolute atomic E-state index is 0.157.